The minimum Gasteiger partial charge on any atom is -0.491 e. The summed E-state index contributed by atoms with van der Waals surface area (Å²) in [5, 5.41) is 14.6. The number of aliphatic hydroxyl groups is 1. The number of fused-ring (bicyclic) bond motifs is 2. The molecule has 9 heteroatoms. The molecule has 1 saturated heterocycles. The Morgan fingerprint density at radius 1 is 1.18 bits per heavy atom. The minimum atomic E-state index is -1.33. The zero-order chi connectivity index (χ0) is 23.5. The molecule has 2 aliphatic rings. The fraction of sp³-hybridized carbons (Fsp3) is 0.400. The van der Waals surface area contributed by atoms with Gasteiger partial charge in [-0.1, -0.05) is 0 Å². The fourth-order valence-electron chi connectivity index (χ4n) is 4.34. The second kappa shape index (κ2) is 9.63. The van der Waals surface area contributed by atoms with Crippen LogP contribution in [-0.4, -0.2) is 74.0 Å². The highest BCUT2D eigenvalue weighted by molar-refractivity contribution is 5.84. The normalized spacial score (nSPS) is 21.1. The van der Waals surface area contributed by atoms with Crippen molar-refractivity contribution in [1.29, 1.82) is 0 Å². The number of anilines is 1. The molecule has 1 fully saturated rings. The van der Waals surface area contributed by atoms with Crippen molar-refractivity contribution in [2.75, 3.05) is 51.9 Å². The first-order valence-corrected chi connectivity index (χ1v) is 11.4. The van der Waals surface area contributed by atoms with E-state index >= 15 is 0 Å². The molecule has 0 aliphatic carbocycles. The van der Waals surface area contributed by atoms with Gasteiger partial charge in [-0.15, -0.1) is 0 Å². The minimum absolute atomic E-state index is 0.201. The van der Waals surface area contributed by atoms with E-state index in [1.807, 2.05) is 49.5 Å². The van der Waals surface area contributed by atoms with Gasteiger partial charge in [0.05, 0.1) is 30.8 Å². The molecule has 3 heterocycles. The van der Waals surface area contributed by atoms with Gasteiger partial charge in [0.15, 0.2) is 0 Å². The summed E-state index contributed by atoms with van der Waals surface area (Å²) in [7, 11) is 1.57. The summed E-state index contributed by atoms with van der Waals surface area (Å²) in [6.07, 6.45) is 2.94. The van der Waals surface area contributed by atoms with Crippen LogP contribution in [0.15, 0.2) is 47.6 Å². The summed E-state index contributed by atoms with van der Waals surface area (Å²) >= 11 is 0. The van der Waals surface area contributed by atoms with E-state index in [4.69, 9.17) is 18.9 Å². The van der Waals surface area contributed by atoms with Crippen molar-refractivity contribution >= 4 is 22.9 Å². The van der Waals surface area contributed by atoms with Gasteiger partial charge in [-0.25, -0.2) is 0 Å². The quantitative estimate of drug-likeness (QED) is 0.439. The third-order valence-corrected chi connectivity index (χ3v) is 6.19. The number of β-amino-alcohol motifs (C(OH)–C–C–N with tert-alkyl or cyclic N) is 1. The number of ether oxygens (including phenoxy) is 4. The lowest BCUT2D eigenvalue weighted by molar-refractivity contribution is -0.165. The Kier molecular flexibility index (Phi) is 6.42. The van der Waals surface area contributed by atoms with Crippen LogP contribution in [0.5, 0.6) is 11.5 Å². The monoisotopic (exact) mass is 466 g/mol. The number of aliphatic imine (C=N–C) groups is 1. The van der Waals surface area contributed by atoms with Crippen LogP contribution in [0.25, 0.3) is 10.9 Å². The second-order valence-corrected chi connectivity index (χ2v) is 8.55. The number of aromatic nitrogens is 1. The highest BCUT2D eigenvalue weighted by atomic mass is 16.7. The van der Waals surface area contributed by atoms with E-state index in [0.29, 0.717) is 31.3 Å². The maximum Gasteiger partial charge on any atom is 0.344 e. The molecular formula is C25H30N4O5. The molecule has 9 nitrogen and oxygen atoms in total. The molecule has 1 aromatic heterocycles. The average molecular weight is 467 g/mol. The van der Waals surface area contributed by atoms with Gasteiger partial charge in [0.25, 0.3) is 0 Å². The van der Waals surface area contributed by atoms with Crippen molar-refractivity contribution in [2.24, 2.45) is 4.99 Å². The van der Waals surface area contributed by atoms with E-state index in [2.05, 4.69) is 20.2 Å². The number of hydrogen-bond donors (Lipinski definition) is 3. The van der Waals surface area contributed by atoms with Crippen LogP contribution in [0.1, 0.15) is 11.1 Å². The standard InChI is InChI=1S/C25H30N4O5/c1-17-13-26-23-6-4-20(11-21(17)23)34-25(31-2)22-5-3-19(12-24(22)27-16-28-25)33-15-18(30)14-29-7-9-32-10-8-29/h3-6,11-13,16,18,26,30H,7-10,14-15H2,1-2H3,(H,27,28). The fourth-order valence-corrected chi connectivity index (χ4v) is 4.34. The Balaban J connectivity index is 1.30. The number of hydrogen-bond acceptors (Lipinski definition) is 8. The lowest BCUT2D eigenvalue weighted by Crippen LogP contribution is -2.42. The average Bonchev–Trinajstić information content (AvgIpc) is 3.23. The summed E-state index contributed by atoms with van der Waals surface area (Å²) in [6.45, 7) is 5.87. The Morgan fingerprint density at radius 2 is 2.00 bits per heavy atom. The number of morpholine rings is 1. The first-order chi connectivity index (χ1) is 16.6. The van der Waals surface area contributed by atoms with Gasteiger partial charge in [-0.2, -0.15) is 4.99 Å². The highest BCUT2D eigenvalue weighted by Crippen LogP contribution is 2.39. The zero-order valence-corrected chi connectivity index (χ0v) is 19.4. The number of H-pyrrole nitrogens is 1. The number of aliphatic hydroxyl groups excluding tert-OH is 1. The van der Waals surface area contributed by atoms with E-state index < -0.39 is 12.0 Å². The van der Waals surface area contributed by atoms with Gasteiger partial charge >= 0.3 is 5.91 Å². The third-order valence-electron chi connectivity index (χ3n) is 6.19. The van der Waals surface area contributed by atoms with Gasteiger partial charge in [0.1, 0.15) is 24.2 Å². The van der Waals surface area contributed by atoms with Crippen LogP contribution in [0, 0.1) is 6.92 Å². The number of nitrogens with zero attached hydrogens (tertiary/aromatic N) is 2. The largest absolute Gasteiger partial charge is 0.491 e. The van der Waals surface area contributed by atoms with Crippen LogP contribution in [-0.2, 0) is 15.4 Å². The molecule has 0 amide bonds. The first kappa shape index (κ1) is 22.7. The lowest BCUT2D eigenvalue weighted by Gasteiger charge is -2.33. The number of aromatic amines is 1. The smallest absolute Gasteiger partial charge is 0.344 e. The van der Waals surface area contributed by atoms with Crippen LogP contribution >= 0.6 is 0 Å². The maximum atomic E-state index is 10.4. The van der Waals surface area contributed by atoms with Crippen molar-refractivity contribution < 1.29 is 24.1 Å². The van der Waals surface area contributed by atoms with Gasteiger partial charge in [-0.3, -0.25) is 4.90 Å². The zero-order valence-electron chi connectivity index (χ0n) is 19.4. The molecular weight excluding hydrogens is 436 g/mol. The second-order valence-electron chi connectivity index (χ2n) is 8.55. The molecule has 2 aromatic carbocycles. The third kappa shape index (κ3) is 4.60. The predicted molar refractivity (Wildman–Crippen MR) is 130 cm³/mol. The van der Waals surface area contributed by atoms with E-state index in [1.165, 1.54) is 0 Å². The Hall–Kier alpha value is -3.11. The number of nitrogens with one attached hydrogen (secondary N) is 2. The Labute approximate surface area is 198 Å². The summed E-state index contributed by atoms with van der Waals surface area (Å²) in [6, 6.07) is 11.4. The van der Waals surface area contributed by atoms with Gasteiger partial charge < -0.3 is 34.4 Å². The van der Waals surface area contributed by atoms with E-state index in [-0.39, 0.29) is 6.61 Å². The number of rotatable bonds is 8. The van der Waals surface area contributed by atoms with Crippen molar-refractivity contribution in [1.82, 2.24) is 9.88 Å². The molecule has 0 spiro atoms. The molecule has 0 radical (unpaired) electrons. The lowest BCUT2D eigenvalue weighted by atomic mass is 10.1. The van der Waals surface area contributed by atoms with Gasteiger partial charge in [0, 0.05) is 49.9 Å². The molecule has 3 N–H and O–H groups in total. The molecule has 34 heavy (non-hydrogen) atoms. The predicted octanol–water partition coefficient (Wildman–Crippen LogP) is 2.84. The SMILES string of the molecule is COC1(Oc2ccc3[nH]cc(C)c3c2)N=CNc2cc(OCC(O)CN3CCOCC3)ccc21. The maximum absolute atomic E-state index is 10.4. The molecule has 0 saturated carbocycles. The highest BCUT2D eigenvalue weighted by Gasteiger charge is 2.39. The van der Waals surface area contributed by atoms with Crippen molar-refractivity contribution in [3.63, 3.8) is 0 Å². The van der Waals surface area contributed by atoms with Crippen molar-refractivity contribution in [3.8, 4) is 11.5 Å². The molecule has 0 bridgehead atoms. The Bertz CT molecular complexity index is 1170. The van der Waals surface area contributed by atoms with Crippen molar-refractivity contribution in [2.45, 2.75) is 18.9 Å². The molecule has 2 atom stereocenters. The molecule has 180 valence electrons. The molecule has 2 unspecified atom stereocenters. The van der Waals surface area contributed by atoms with E-state index in [0.717, 1.165) is 40.8 Å². The summed E-state index contributed by atoms with van der Waals surface area (Å²) in [5.41, 5.74) is 3.67. The van der Waals surface area contributed by atoms with E-state index in [1.54, 1.807) is 13.4 Å². The molecule has 5 rings (SSSR count). The van der Waals surface area contributed by atoms with Gasteiger partial charge in [0.2, 0.25) is 0 Å². The number of benzene rings is 2. The van der Waals surface area contributed by atoms with Crippen molar-refractivity contribution in [3.05, 3.63) is 53.7 Å². The Morgan fingerprint density at radius 3 is 2.82 bits per heavy atom. The number of aryl methyl sites for hydroxylation is 1. The van der Waals surface area contributed by atoms with Crippen LogP contribution in [0.3, 0.4) is 0 Å². The van der Waals surface area contributed by atoms with E-state index in [9.17, 15) is 5.11 Å². The summed E-state index contributed by atoms with van der Waals surface area (Å²) in [4.78, 5) is 9.91. The molecule has 3 aromatic rings. The van der Waals surface area contributed by atoms with Crippen LogP contribution < -0.4 is 14.8 Å². The first-order valence-electron chi connectivity index (χ1n) is 11.4. The summed E-state index contributed by atoms with van der Waals surface area (Å²) < 4.78 is 23.3. The van der Waals surface area contributed by atoms with Crippen LogP contribution in [0.4, 0.5) is 5.69 Å². The molecule has 2 aliphatic heterocycles. The number of methoxy groups -OCH3 is 1. The van der Waals surface area contributed by atoms with Gasteiger partial charge in [-0.05, 0) is 42.8 Å². The summed E-state index contributed by atoms with van der Waals surface area (Å²) in [5.74, 6) is -0.0436. The topological polar surface area (TPSA) is 101 Å². The van der Waals surface area contributed by atoms with Crippen LogP contribution in [0.2, 0.25) is 0 Å².